The van der Waals surface area contributed by atoms with E-state index in [2.05, 4.69) is 15.5 Å². The molecule has 1 atom stereocenters. The number of nitrogens with one attached hydrogen (secondary N) is 1. The topological polar surface area (TPSA) is 124 Å². The molecule has 0 aliphatic carbocycles. The van der Waals surface area contributed by atoms with Crippen LogP contribution in [0.15, 0.2) is 44.3 Å². The van der Waals surface area contributed by atoms with Crippen molar-refractivity contribution in [2.24, 2.45) is 0 Å². The van der Waals surface area contributed by atoms with Gasteiger partial charge in [0, 0.05) is 12.1 Å². The number of hydrogen-bond donors (Lipinski definition) is 1. The van der Waals surface area contributed by atoms with Gasteiger partial charge in [0.05, 0.1) is 14.2 Å². The number of piperidine rings is 1. The van der Waals surface area contributed by atoms with Crippen molar-refractivity contribution in [1.82, 2.24) is 14.5 Å². The first kappa shape index (κ1) is 22.2. The number of carbonyl (C=O) groups is 1. The number of methoxy groups -OCH3 is 2. The number of hydrogen-bond acceptors (Lipinski definition) is 9. The SMILES string of the molecule is COc1ccc(-c2nnc(NC(=O)C3CCCCN3S(=O)(=O)c3cccs3)o2)cc1OC. The summed E-state index contributed by atoms with van der Waals surface area (Å²) in [5.41, 5.74) is 0.579. The minimum Gasteiger partial charge on any atom is -0.493 e. The van der Waals surface area contributed by atoms with Crippen LogP contribution in [0.5, 0.6) is 11.5 Å². The second-order valence-corrected chi connectivity index (χ2v) is 10.1. The van der Waals surface area contributed by atoms with Crippen molar-refractivity contribution in [2.45, 2.75) is 29.5 Å². The molecule has 170 valence electrons. The van der Waals surface area contributed by atoms with Gasteiger partial charge < -0.3 is 13.9 Å². The van der Waals surface area contributed by atoms with Gasteiger partial charge in [0.1, 0.15) is 10.3 Å². The van der Waals surface area contributed by atoms with Gasteiger partial charge in [0.15, 0.2) is 11.5 Å². The molecule has 1 aliphatic heterocycles. The highest BCUT2D eigenvalue weighted by molar-refractivity contribution is 7.91. The van der Waals surface area contributed by atoms with E-state index in [1.54, 1.807) is 29.6 Å². The van der Waals surface area contributed by atoms with E-state index < -0.39 is 22.0 Å². The first-order valence-electron chi connectivity index (χ1n) is 9.86. The second-order valence-electron chi connectivity index (χ2n) is 7.03. The smallest absolute Gasteiger partial charge is 0.322 e. The minimum absolute atomic E-state index is 0.112. The Bertz CT molecular complexity index is 1190. The standard InChI is InChI=1S/C20H22N4O6S2/c1-28-15-9-8-13(12-16(15)29-2)19-22-23-20(30-19)21-18(25)14-6-3-4-10-24(14)32(26,27)17-7-5-11-31-17/h5,7-9,11-12,14H,3-4,6,10H2,1-2H3,(H,21,23,25). The summed E-state index contributed by atoms with van der Waals surface area (Å²) in [4.78, 5) is 12.9. The molecule has 1 saturated heterocycles. The number of nitrogens with zero attached hydrogens (tertiary/aromatic N) is 3. The number of carbonyl (C=O) groups excluding carboxylic acids is 1. The molecule has 0 bridgehead atoms. The van der Waals surface area contributed by atoms with Crippen LogP contribution in [0.25, 0.3) is 11.5 Å². The highest BCUT2D eigenvalue weighted by Gasteiger charge is 2.38. The fourth-order valence-corrected chi connectivity index (χ4v) is 6.30. The van der Waals surface area contributed by atoms with E-state index in [1.165, 1.54) is 24.6 Å². The monoisotopic (exact) mass is 478 g/mol. The van der Waals surface area contributed by atoms with E-state index in [4.69, 9.17) is 13.9 Å². The van der Waals surface area contributed by atoms with Crippen LogP contribution in [0.2, 0.25) is 0 Å². The second kappa shape index (κ2) is 9.27. The number of amides is 1. The number of benzene rings is 1. The Balaban J connectivity index is 1.52. The van der Waals surface area contributed by atoms with Crippen molar-refractivity contribution in [2.75, 3.05) is 26.1 Å². The normalized spacial score (nSPS) is 17.1. The summed E-state index contributed by atoms with van der Waals surface area (Å²) in [7, 11) is -0.711. The van der Waals surface area contributed by atoms with Crippen LogP contribution in [0.3, 0.4) is 0 Å². The van der Waals surface area contributed by atoms with Crippen LogP contribution in [0.1, 0.15) is 19.3 Å². The summed E-state index contributed by atoms with van der Waals surface area (Å²) in [6, 6.07) is 7.34. The predicted octanol–water partition coefficient (Wildman–Crippen LogP) is 3.00. The summed E-state index contributed by atoms with van der Waals surface area (Å²) in [5, 5.41) is 12.1. The van der Waals surface area contributed by atoms with Crippen molar-refractivity contribution in [1.29, 1.82) is 0 Å². The molecule has 32 heavy (non-hydrogen) atoms. The van der Waals surface area contributed by atoms with Gasteiger partial charge in [0.2, 0.25) is 11.8 Å². The lowest BCUT2D eigenvalue weighted by Crippen LogP contribution is -2.49. The molecule has 10 nitrogen and oxygen atoms in total. The molecule has 2 aromatic heterocycles. The van der Waals surface area contributed by atoms with E-state index in [0.717, 1.165) is 17.8 Å². The first-order chi connectivity index (χ1) is 15.4. The zero-order valence-corrected chi connectivity index (χ0v) is 19.1. The van der Waals surface area contributed by atoms with Crippen LogP contribution in [-0.4, -0.2) is 55.6 Å². The van der Waals surface area contributed by atoms with Crippen molar-refractivity contribution >= 4 is 33.3 Å². The summed E-state index contributed by atoms with van der Waals surface area (Å²) < 4.78 is 43.5. The molecule has 0 spiro atoms. The Hall–Kier alpha value is -2.96. The minimum atomic E-state index is -3.76. The molecule has 4 rings (SSSR count). The van der Waals surface area contributed by atoms with Gasteiger partial charge in [-0.2, -0.15) is 4.31 Å². The lowest BCUT2D eigenvalue weighted by Gasteiger charge is -2.32. The maximum absolute atomic E-state index is 13.0. The van der Waals surface area contributed by atoms with Crippen LogP contribution >= 0.6 is 11.3 Å². The maximum atomic E-state index is 13.0. The van der Waals surface area contributed by atoms with Gasteiger partial charge in [-0.05, 0) is 42.5 Å². The zero-order chi connectivity index (χ0) is 22.7. The quantitative estimate of drug-likeness (QED) is 0.550. The third kappa shape index (κ3) is 4.33. The molecule has 1 fully saturated rings. The molecule has 3 heterocycles. The van der Waals surface area contributed by atoms with Crippen LogP contribution in [0.4, 0.5) is 6.01 Å². The van der Waals surface area contributed by atoms with E-state index in [0.29, 0.717) is 29.9 Å². The van der Waals surface area contributed by atoms with E-state index >= 15 is 0 Å². The number of sulfonamides is 1. The van der Waals surface area contributed by atoms with Gasteiger partial charge in [-0.25, -0.2) is 8.42 Å². The molecular formula is C20H22N4O6S2. The molecule has 0 radical (unpaired) electrons. The fraction of sp³-hybridized carbons (Fsp3) is 0.350. The largest absolute Gasteiger partial charge is 0.493 e. The fourth-order valence-electron chi connectivity index (χ4n) is 3.53. The number of aromatic nitrogens is 2. The van der Waals surface area contributed by atoms with Gasteiger partial charge in [-0.3, -0.25) is 10.1 Å². The number of rotatable bonds is 7. The Labute approximate surface area is 189 Å². The Kier molecular flexibility index (Phi) is 6.44. The van der Waals surface area contributed by atoms with Gasteiger partial charge in [-0.1, -0.05) is 17.6 Å². The molecule has 3 aromatic rings. The molecule has 1 N–H and O–H groups in total. The van der Waals surface area contributed by atoms with Crippen LogP contribution < -0.4 is 14.8 Å². The highest BCUT2D eigenvalue weighted by atomic mass is 32.2. The first-order valence-corrected chi connectivity index (χ1v) is 12.2. The molecule has 1 amide bonds. The van der Waals surface area contributed by atoms with Crippen molar-refractivity contribution in [3.05, 3.63) is 35.7 Å². The summed E-state index contributed by atoms with van der Waals surface area (Å²) in [6.07, 6.45) is 1.85. The molecule has 1 aromatic carbocycles. The lowest BCUT2D eigenvalue weighted by molar-refractivity contribution is -0.120. The predicted molar refractivity (Wildman–Crippen MR) is 117 cm³/mol. The summed E-state index contributed by atoms with van der Waals surface area (Å²) >= 11 is 1.13. The highest BCUT2D eigenvalue weighted by Crippen LogP contribution is 2.32. The van der Waals surface area contributed by atoms with E-state index in [1.807, 2.05) is 0 Å². The molecule has 1 unspecified atom stereocenters. The zero-order valence-electron chi connectivity index (χ0n) is 17.5. The van der Waals surface area contributed by atoms with Crippen molar-refractivity contribution in [3.63, 3.8) is 0 Å². The summed E-state index contributed by atoms with van der Waals surface area (Å²) in [5.74, 6) is 0.708. The number of thiophene rings is 1. The van der Waals surface area contributed by atoms with Gasteiger partial charge in [0.25, 0.3) is 10.0 Å². The lowest BCUT2D eigenvalue weighted by atomic mass is 10.0. The molecule has 1 aliphatic rings. The Morgan fingerprint density at radius 2 is 2.00 bits per heavy atom. The van der Waals surface area contributed by atoms with Crippen LogP contribution in [0, 0.1) is 0 Å². The molecule has 12 heteroatoms. The van der Waals surface area contributed by atoms with E-state index in [-0.39, 0.29) is 22.7 Å². The average molecular weight is 479 g/mol. The third-order valence-corrected chi connectivity index (χ3v) is 8.38. The van der Waals surface area contributed by atoms with Crippen LogP contribution in [-0.2, 0) is 14.8 Å². The van der Waals surface area contributed by atoms with Crippen molar-refractivity contribution in [3.8, 4) is 23.0 Å². The van der Waals surface area contributed by atoms with E-state index in [9.17, 15) is 13.2 Å². The number of ether oxygens (including phenoxy) is 2. The Morgan fingerprint density at radius 1 is 1.19 bits per heavy atom. The summed E-state index contributed by atoms with van der Waals surface area (Å²) in [6.45, 7) is 0.277. The third-order valence-electron chi connectivity index (χ3n) is 5.10. The van der Waals surface area contributed by atoms with Gasteiger partial charge >= 0.3 is 6.01 Å². The maximum Gasteiger partial charge on any atom is 0.322 e. The molecule has 0 saturated carbocycles. The molecular weight excluding hydrogens is 456 g/mol. The Morgan fingerprint density at radius 3 is 2.72 bits per heavy atom. The average Bonchev–Trinajstić information content (AvgIpc) is 3.51. The van der Waals surface area contributed by atoms with Gasteiger partial charge in [-0.15, -0.1) is 16.4 Å². The number of anilines is 1. The van der Waals surface area contributed by atoms with Crippen molar-refractivity contribution < 1.29 is 27.1 Å².